The first-order chi connectivity index (χ1) is 12.9. The van der Waals surface area contributed by atoms with Gasteiger partial charge in [0.25, 0.3) is 5.91 Å². The molecule has 0 bridgehead atoms. The van der Waals surface area contributed by atoms with Gasteiger partial charge in [-0.05, 0) is 48.9 Å². The second kappa shape index (κ2) is 6.32. The molecule has 1 saturated heterocycles. The largest absolute Gasteiger partial charge is 0.378 e. The molecule has 136 valence electrons. The van der Waals surface area contributed by atoms with E-state index >= 15 is 0 Å². The van der Waals surface area contributed by atoms with Crippen LogP contribution in [0.3, 0.4) is 0 Å². The molecule has 2 aromatic carbocycles. The molecular weight excluding hydrogens is 368 g/mol. The number of carbonyl (C=O) groups is 3. The van der Waals surface area contributed by atoms with E-state index in [0.29, 0.717) is 22.0 Å². The third kappa shape index (κ3) is 2.92. The second-order valence-electron chi connectivity index (χ2n) is 6.62. The number of hydrogen-bond donors (Lipinski definition) is 0. The van der Waals surface area contributed by atoms with Crippen LogP contribution in [0, 0.1) is 0 Å². The zero-order valence-corrected chi connectivity index (χ0v) is 15.2. The summed E-state index contributed by atoms with van der Waals surface area (Å²) in [5, 5.41) is 4.65. The standard InChI is InChI=1S/C20H15ClN2O4/c1-12(24)13-4-8-16(9-5-13)23-18(25)11-20(19(23)26)10-17(22-27-20)14-2-6-15(21)7-3-14/h2-9H,10-11H2,1H3/t20-/m1/s1. The van der Waals surface area contributed by atoms with Gasteiger partial charge in [0.05, 0.1) is 17.8 Å². The predicted octanol–water partition coefficient (Wildman–Crippen LogP) is 3.37. The highest BCUT2D eigenvalue weighted by Crippen LogP contribution is 2.39. The molecule has 0 N–H and O–H groups in total. The van der Waals surface area contributed by atoms with Crippen molar-refractivity contribution < 1.29 is 19.2 Å². The van der Waals surface area contributed by atoms with Crippen LogP contribution < -0.4 is 4.90 Å². The molecule has 2 heterocycles. The Morgan fingerprint density at radius 3 is 2.37 bits per heavy atom. The number of oxime groups is 1. The minimum Gasteiger partial charge on any atom is -0.378 e. The Kier molecular flexibility index (Phi) is 4.08. The molecule has 0 saturated carbocycles. The maximum atomic E-state index is 13.0. The van der Waals surface area contributed by atoms with Gasteiger partial charge in [-0.25, -0.2) is 4.90 Å². The van der Waals surface area contributed by atoms with E-state index in [1.165, 1.54) is 6.92 Å². The summed E-state index contributed by atoms with van der Waals surface area (Å²) in [4.78, 5) is 43.5. The summed E-state index contributed by atoms with van der Waals surface area (Å²) in [6, 6.07) is 13.4. The molecule has 2 amide bonds. The summed E-state index contributed by atoms with van der Waals surface area (Å²) < 4.78 is 0. The lowest BCUT2D eigenvalue weighted by atomic mass is 9.92. The molecule has 0 radical (unpaired) electrons. The number of benzene rings is 2. The average molecular weight is 383 g/mol. The van der Waals surface area contributed by atoms with Gasteiger partial charge in [0.2, 0.25) is 11.5 Å². The third-order valence-electron chi connectivity index (χ3n) is 4.77. The van der Waals surface area contributed by atoms with Crippen molar-refractivity contribution in [2.45, 2.75) is 25.4 Å². The quantitative estimate of drug-likeness (QED) is 0.602. The highest BCUT2D eigenvalue weighted by atomic mass is 35.5. The first kappa shape index (κ1) is 17.4. The molecule has 0 aliphatic carbocycles. The zero-order valence-electron chi connectivity index (χ0n) is 14.4. The van der Waals surface area contributed by atoms with Crippen LogP contribution in [0.2, 0.25) is 5.02 Å². The molecule has 7 heteroatoms. The van der Waals surface area contributed by atoms with E-state index in [4.69, 9.17) is 16.4 Å². The number of hydrogen-bond acceptors (Lipinski definition) is 5. The number of carbonyl (C=O) groups excluding carboxylic acids is 3. The van der Waals surface area contributed by atoms with Crippen molar-refractivity contribution in [1.82, 2.24) is 0 Å². The van der Waals surface area contributed by atoms with Crippen molar-refractivity contribution in [3.8, 4) is 0 Å². The molecule has 0 aromatic heterocycles. The fourth-order valence-corrected chi connectivity index (χ4v) is 3.43. The van der Waals surface area contributed by atoms with Gasteiger partial charge in [-0.2, -0.15) is 0 Å². The lowest BCUT2D eigenvalue weighted by Gasteiger charge is -2.19. The molecule has 1 fully saturated rings. The molecule has 2 aliphatic rings. The summed E-state index contributed by atoms with van der Waals surface area (Å²) in [6.07, 6.45) is 0.127. The fourth-order valence-electron chi connectivity index (χ4n) is 3.31. The Morgan fingerprint density at radius 1 is 1.07 bits per heavy atom. The molecule has 1 spiro atoms. The molecule has 6 nitrogen and oxygen atoms in total. The van der Waals surface area contributed by atoms with Crippen LogP contribution in [0.4, 0.5) is 5.69 Å². The first-order valence-corrected chi connectivity index (χ1v) is 8.77. The summed E-state index contributed by atoms with van der Waals surface area (Å²) in [6.45, 7) is 1.46. The van der Waals surface area contributed by atoms with Crippen LogP contribution in [0.5, 0.6) is 0 Å². The minimum atomic E-state index is -1.31. The van der Waals surface area contributed by atoms with Gasteiger partial charge in [0.1, 0.15) is 0 Å². The van der Waals surface area contributed by atoms with E-state index < -0.39 is 11.5 Å². The van der Waals surface area contributed by atoms with Gasteiger partial charge in [-0.3, -0.25) is 14.4 Å². The van der Waals surface area contributed by atoms with Crippen LogP contribution in [0.15, 0.2) is 53.7 Å². The van der Waals surface area contributed by atoms with Gasteiger partial charge in [0, 0.05) is 17.0 Å². The van der Waals surface area contributed by atoms with E-state index in [2.05, 4.69) is 5.16 Å². The Bertz CT molecular complexity index is 982. The zero-order chi connectivity index (χ0) is 19.2. The fraction of sp³-hybridized carbons (Fsp3) is 0.200. The first-order valence-electron chi connectivity index (χ1n) is 8.39. The number of ketones is 1. The number of imide groups is 1. The maximum absolute atomic E-state index is 13.0. The summed E-state index contributed by atoms with van der Waals surface area (Å²) in [7, 11) is 0. The van der Waals surface area contributed by atoms with Gasteiger partial charge >= 0.3 is 0 Å². The lowest BCUT2D eigenvalue weighted by molar-refractivity contribution is -0.136. The van der Waals surface area contributed by atoms with Crippen molar-refractivity contribution in [3.05, 3.63) is 64.7 Å². The average Bonchev–Trinajstić information content (AvgIpc) is 3.17. The topological polar surface area (TPSA) is 76.0 Å². The van der Waals surface area contributed by atoms with Gasteiger partial charge in [0.15, 0.2) is 5.78 Å². The van der Waals surface area contributed by atoms with E-state index in [9.17, 15) is 14.4 Å². The highest BCUT2D eigenvalue weighted by Gasteiger charge is 2.58. The van der Waals surface area contributed by atoms with Crippen molar-refractivity contribution in [2.75, 3.05) is 4.90 Å². The van der Waals surface area contributed by atoms with E-state index in [1.54, 1.807) is 48.5 Å². The third-order valence-corrected chi connectivity index (χ3v) is 5.02. The van der Waals surface area contributed by atoms with Crippen LogP contribution in [0.1, 0.15) is 35.7 Å². The molecule has 1 atom stereocenters. The molecule has 4 rings (SSSR count). The van der Waals surface area contributed by atoms with E-state index in [0.717, 1.165) is 10.5 Å². The summed E-state index contributed by atoms with van der Waals surface area (Å²) in [5.74, 6) is -0.892. The van der Waals surface area contributed by atoms with Crippen LogP contribution in [-0.2, 0) is 14.4 Å². The Balaban J connectivity index is 1.58. The maximum Gasteiger partial charge on any atom is 0.281 e. The van der Waals surface area contributed by atoms with E-state index in [-0.39, 0.29) is 24.5 Å². The van der Waals surface area contributed by atoms with Crippen molar-refractivity contribution >= 4 is 40.6 Å². The van der Waals surface area contributed by atoms with Crippen LogP contribution in [0.25, 0.3) is 0 Å². The Morgan fingerprint density at radius 2 is 1.74 bits per heavy atom. The number of amides is 2. The van der Waals surface area contributed by atoms with Gasteiger partial charge in [-0.15, -0.1) is 0 Å². The number of halogens is 1. The summed E-state index contributed by atoms with van der Waals surface area (Å²) in [5.41, 5.74) is 1.00. The smallest absolute Gasteiger partial charge is 0.281 e. The number of Topliss-reactive ketones (excluding diaryl/α,β-unsaturated/α-hetero) is 1. The Hall–Kier alpha value is -2.99. The minimum absolute atomic E-state index is 0.0825. The number of nitrogens with zero attached hydrogens (tertiary/aromatic N) is 2. The van der Waals surface area contributed by atoms with Crippen LogP contribution in [-0.4, -0.2) is 28.9 Å². The molecule has 27 heavy (non-hydrogen) atoms. The molecule has 2 aromatic rings. The Labute approximate surface area is 160 Å². The van der Waals surface area contributed by atoms with Crippen LogP contribution >= 0.6 is 11.6 Å². The van der Waals surface area contributed by atoms with Crippen molar-refractivity contribution in [2.24, 2.45) is 5.16 Å². The number of anilines is 1. The number of rotatable bonds is 3. The predicted molar refractivity (Wildman–Crippen MR) is 100.0 cm³/mol. The summed E-state index contributed by atoms with van der Waals surface area (Å²) >= 11 is 5.90. The van der Waals surface area contributed by atoms with Gasteiger partial charge < -0.3 is 4.84 Å². The van der Waals surface area contributed by atoms with Crippen molar-refractivity contribution in [1.29, 1.82) is 0 Å². The highest BCUT2D eigenvalue weighted by molar-refractivity contribution is 6.30. The monoisotopic (exact) mass is 382 g/mol. The normalized spacial score (nSPS) is 21.6. The molecular formula is C20H15ClN2O4. The molecule has 2 aliphatic heterocycles. The SMILES string of the molecule is CC(=O)c1ccc(N2C(=O)C[C@]3(CC(c4ccc(Cl)cc4)=NO3)C2=O)cc1. The van der Waals surface area contributed by atoms with E-state index in [1.807, 2.05) is 0 Å². The second-order valence-corrected chi connectivity index (χ2v) is 7.06. The van der Waals surface area contributed by atoms with Crippen molar-refractivity contribution in [3.63, 3.8) is 0 Å². The van der Waals surface area contributed by atoms with Gasteiger partial charge in [-0.1, -0.05) is 28.9 Å². The lowest BCUT2D eigenvalue weighted by Crippen LogP contribution is -2.40. The molecule has 0 unspecified atom stereocenters.